The van der Waals surface area contributed by atoms with Gasteiger partial charge in [-0.1, -0.05) is 38.5 Å². The molecule has 0 unspecified atom stereocenters. The first-order valence-electron chi connectivity index (χ1n) is 11.7. The van der Waals surface area contributed by atoms with E-state index in [0.29, 0.717) is 16.7 Å². The molecule has 0 aromatic heterocycles. The van der Waals surface area contributed by atoms with Crippen molar-refractivity contribution in [3.63, 3.8) is 0 Å². The molecule has 162 valence electrons. The second kappa shape index (κ2) is 9.63. The first-order chi connectivity index (χ1) is 14.6. The van der Waals surface area contributed by atoms with Crippen LogP contribution in [0.15, 0.2) is 18.2 Å². The van der Waals surface area contributed by atoms with E-state index < -0.39 is 0 Å². The van der Waals surface area contributed by atoms with Crippen LogP contribution >= 0.6 is 0 Å². The van der Waals surface area contributed by atoms with Crippen LogP contribution in [0.1, 0.15) is 108 Å². The summed E-state index contributed by atoms with van der Waals surface area (Å²) in [6.07, 6.45) is 12.7. The van der Waals surface area contributed by atoms with Gasteiger partial charge in [-0.3, -0.25) is 14.4 Å². The highest BCUT2D eigenvalue weighted by atomic mass is 16.2. The van der Waals surface area contributed by atoms with Gasteiger partial charge in [-0.15, -0.1) is 0 Å². The number of amides is 3. The first kappa shape index (κ1) is 20.9. The van der Waals surface area contributed by atoms with Gasteiger partial charge in [-0.25, -0.2) is 0 Å². The van der Waals surface area contributed by atoms with E-state index in [1.807, 2.05) is 0 Å². The fourth-order valence-corrected chi connectivity index (χ4v) is 5.04. The minimum absolute atomic E-state index is 0.184. The van der Waals surface area contributed by atoms with Crippen molar-refractivity contribution in [1.29, 1.82) is 0 Å². The molecule has 30 heavy (non-hydrogen) atoms. The average Bonchev–Trinajstić information content (AvgIpc) is 3.51. The maximum absolute atomic E-state index is 12.9. The molecular formula is C24H33N3O3. The summed E-state index contributed by atoms with van der Waals surface area (Å²) in [5.41, 5.74) is 1.16. The molecule has 3 amide bonds. The molecule has 3 aliphatic carbocycles. The lowest BCUT2D eigenvalue weighted by atomic mass is 10.0. The summed E-state index contributed by atoms with van der Waals surface area (Å²) >= 11 is 0. The van der Waals surface area contributed by atoms with Crippen LogP contribution in [0.2, 0.25) is 0 Å². The van der Waals surface area contributed by atoms with Gasteiger partial charge < -0.3 is 16.0 Å². The van der Waals surface area contributed by atoms with Gasteiger partial charge in [0.25, 0.3) is 17.7 Å². The van der Waals surface area contributed by atoms with E-state index in [2.05, 4.69) is 16.0 Å². The Bertz CT molecular complexity index is 672. The fraction of sp³-hybridized carbons (Fsp3) is 0.625. The predicted molar refractivity (Wildman–Crippen MR) is 116 cm³/mol. The molecule has 3 N–H and O–H groups in total. The van der Waals surface area contributed by atoms with Crippen LogP contribution < -0.4 is 16.0 Å². The van der Waals surface area contributed by atoms with Gasteiger partial charge in [0, 0.05) is 34.8 Å². The van der Waals surface area contributed by atoms with Crippen molar-refractivity contribution in [1.82, 2.24) is 16.0 Å². The Morgan fingerprint density at radius 1 is 0.500 bits per heavy atom. The molecule has 3 aliphatic rings. The third kappa shape index (κ3) is 5.21. The zero-order chi connectivity index (χ0) is 20.9. The zero-order valence-corrected chi connectivity index (χ0v) is 17.7. The van der Waals surface area contributed by atoms with Crippen molar-refractivity contribution in [2.45, 2.75) is 95.2 Å². The molecule has 6 heteroatoms. The van der Waals surface area contributed by atoms with Crippen molar-refractivity contribution in [2.75, 3.05) is 0 Å². The molecule has 0 heterocycles. The Morgan fingerprint density at radius 2 is 0.733 bits per heavy atom. The lowest BCUT2D eigenvalue weighted by molar-refractivity contribution is 0.0937. The molecule has 0 saturated heterocycles. The molecule has 1 aromatic carbocycles. The Kier molecular flexibility index (Phi) is 6.70. The van der Waals surface area contributed by atoms with E-state index in [0.717, 1.165) is 77.0 Å². The van der Waals surface area contributed by atoms with Crippen LogP contribution in [0.3, 0.4) is 0 Å². The van der Waals surface area contributed by atoms with Gasteiger partial charge >= 0.3 is 0 Å². The smallest absolute Gasteiger partial charge is 0.251 e. The largest absolute Gasteiger partial charge is 0.349 e. The van der Waals surface area contributed by atoms with Crippen LogP contribution in [0.5, 0.6) is 0 Å². The van der Waals surface area contributed by atoms with Crippen molar-refractivity contribution in [3.8, 4) is 0 Å². The molecule has 0 aliphatic heterocycles. The maximum atomic E-state index is 12.9. The second-order valence-electron chi connectivity index (χ2n) is 9.16. The zero-order valence-electron chi connectivity index (χ0n) is 17.7. The van der Waals surface area contributed by atoms with Gasteiger partial charge in [-0.05, 0) is 56.7 Å². The van der Waals surface area contributed by atoms with Gasteiger partial charge in [-0.2, -0.15) is 0 Å². The normalized spacial score (nSPS) is 20.4. The van der Waals surface area contributed by atoms with Gasteiger partial charge in [0.2, 0.25) is 0 Å². The predicted octanol–water partition coefficient (Wildman–Crippen LogP) is 3.70. The second-order valence-corrected chi connectivity index (χ2v) is 9.16. The third-order valence-electron chi connectivity index (χ3n) is 6.79. The van der Waals surface area contributed by atoms with E-state index in [1.54, 1.807) is 18.2 Å². The van der Waals surface area contributed by atoms with E-state index in [1.165, 1.54) is 0 Å². The first-order valence-corrected chi connectivity index (χ1v) is 11.7. The molecular weight excluding hydrogens is 378 g/mol. The maximum Gasteiger partial charge on any atom is 0.251 e. The molecule has 1 aromatic rings. The highest BCUT2D eigenvalue weighted by molar-refractivity contribution is 6.04. The fourth-order valence-electron chi connectivity index (χ4n) is 5.04. The van der Waals surface area contributed by atoms with Crippen molar-refractivity contribution in [3.05, 3.63) is 34.9 Å². The Labute approximate surface area is 178 Å². The summed E-state index contributed by atoms with van der Waals surface area (Å²) in [6, 6.07) is 5.43. The van der Waals surface area contributed by atoms with Gasteiger partial charge in [0.05, 0.1) is 0 Å². The quantitative estimate of drug-likeness (QED) is 0.667. The van der Waals surface area contributed by atoms with E-state index in [-0.39, 0.29) is 35.8 Å². The van der Waals surface area contributed by atoms with E-state index >= 15 is 0 Å². The van der Waals surface area contributed by atoms with Crippen LogP contribution in [0.4, 0.5) is 0 Å². The average molecular weight is 412 g/mol. The number of carbonyl (C=O) groups excluding carboxylic acids is 3. The van der Waals surface area contributed by atoms with Gasteiger partial charge in [0.15, 0.2) is 0 Å². The molecule has 3 saturated carbocycles. The number of benzene rings is 1. The van der Waals surface area contributed by atoms with Crippen molar-refractivity contribution < 1.29 is 14.4 Å². The van der Waals surface area contributed by atoms with Crippen molar-refractivity contribution in [2.24, 2.45) is 0 Å². The summed E-state index contributed by atoms with van der Waals surface area (Å²) in [5.74, 6) is -0.605. The monoisotopic (exact) mass is 411 g/mol. The van der Waals surface area contributed by atoms with Crippen LogP contribution in [0.25, 0.3) is 0 Å². The summed E-state index contributed by atoms with van der Waals surface area (Å²) in [5, 5.41) is 9.21. The van der Waals surface area contributed by atoms with Crippen molar-refractivity contribution >= 4 is 17.7 Å². The molecule has 3 fully saturated rings. The van der Waals surface area contributed by atoms with Crippen LogP contribution in [0, 0.1) is 0 Å². The summed E-state index contributed by atoms with van der Waals surface area (Å²) in [7, 11) is 0. The molecule has 0 atom stereocenters. The van der Waals surface area contributed by atoms with E-state index in [4.69, 9.17) is 0 Å². The number of rotatable bonds is 6. The number of nitrogens with one attached hydrogen (secondary N) is 3. The van der Waals surface area contributed by atoms with Gasteiger partial charge in [0.1, 0.15) is 0 Å². The topological polar surface area (TPSA) is 87.3 Å². The third-order valence-corrected chi connectivity index (χ3v) is 6.79. The number of hydrogen-bond acceptors (Lipinski definition) is 3. The highest BCUT2D eigenvalue weighted by Crippen LogP contribution is 2.22. The summed E-state index contributed by atoms with van der Waals surface area (Å²) in [4.78, 5) is 38.6. The number of carbonyl (C=O) groups is 3. The number of hydrogen-bond donors (Lipinski definition) is 3. The van der Waals surface area contributed by atoms with E-state index in [9.17, 15) is 14.4 Å². The Morgan fingerprint density at radius 3 is 0.967 bits per heavy atom. The lowest BCUT2D eigenvalue weighted by Crippen LogP contribution is -2.36. The molecule has 6 nitrogen and oxygen atoms in total. The minimum Gasteiger partial charge on any atom is -0.349 e. The standard InChI is InChI=1S/C24H33N3O3/c28-22(25-19-7-1-2-8-19)16-13-17(23(29)26-20-9-3-4-10-20)15-18(14-16)24(30)27-21-11-5-6-12-21/h13-15,19-21H,1-12H2,(H,25,28)(H,26,29)(H,27,30). The molecule has 4 rings (SSSR count). The SMILES string of the molecule is O=C(NC1CCCC1)c1cc(C(=O)NC2CCCC2)cc(C(=O)NC2CCCC2)c1. The molecule has 0 radical (unpaired) electrons. The molecule has 0 bridgehead atoms. The Balaban J connectivity index is 1.54. The summed E-state index contributed by atoms with van der Waals surface area (Å²) in [6.45, 7) is 0. The van der Waals surface area contributed by atoms with Crippen LogP contribution in [-0.2, 0) is 0 Å². The highest BCUT2D eigenvalue weighted by Gasteiger charge is 2.24. The van der Waals surface area contributed by atoms with Crippen LogP contribution in [-0.4, -0.2) is 35.8 Å². The Hall–Kier alpha value is -2.37. The lowest BCUT2D eigenvalue weighted by Gasteiger charge is -2.17. The molecule has 0 spiro atoms. The summed E-state index contributed by atoms with van der Waals surface area (Å²) < 4.78 is 0. The minimum atomic E-state index is -0.202.